The number of piperazine rings is 1. The normalized spacial score (nSPS) is 21.7. The summed E-state index contributed by atoms with van der Waals surface area (Å²) in [5.41, 5.74) is -0.810. The number of nitrogens with zero attached hydrogens (tertiary/aromatic N) is 2. The third kappa shape index (κ3) is 3.43. The molecule has 1 aliphatic heterocycles. The number of hydrogen-bond donors (Lipinski definition) is 0. The van der Waals surface area contributed by atoms with Crippen molar-refractivity contribution < 1.29 is 9.63 Å². The van der Waals surface area contributed by atoms with Crippen LogP contribution < -0.4 is 0 Å². The standard InChI is InChI=1S/C19H38N2O2/c1-9-13-19(14-10-2)16(22)20(17(5,6)7)15-18(11-3,12-4)21(19)23-8/h9-15H2,1-8H3. The minimum Gasteiger partial charge on any atom is -0.334 e. The van der Waals surface area contributed by atoms with Gasteiger partial charge in [0.05, 0.1) is 12.6 Å². The van der Waals surface area contributed by atoms with Crippen molar-refractivity contribution in [1.29, 1.82) is 0 Å². The van der Waals surface area contributed by atoms with Crippen LogP contribution in [0.3, 0.4) is 0 Å². The van der Waals surface area contributed by atoms with Gasteiger partial charge in [0.15, 0.2) is 0 Å². The van der Waals surface area contributed by atoms with E-state index in [1.807, 2.05) is 0 Å². The zero-order chi connectivity index (χ0) is 17.9. The SMILES string of the molecule is CCCC1(CCC)C(=O)N(C(C)(C)C)CC(CC)(CC)N1OC. The Morgan fingerprint density at radius 2 is 1.52 bits per heavy atom. The van der Waals surface area contributed by atoms with Gasteiger partial charge in [-0.15, -0.1) is 0 Å². The van der Waals surface area contributed by atoms with Gasteiger partial charge in [-0.1, -0.05) is 40.5 Å². The quantitative estimate of drug-likeness (QED) is 0.695. The second-order valence-corrected chi connectivity index (χ2v) is 8.00. The summed E-state index contributed by atoms with van der Waals surface area (Å²) in [4.78, 5) is 21.6. The van der Waals surface area contributed by atoms with Gasteiger partial charge >= 0.3 is 0 Å². The van der Waals surface area contributed by atoms with E-state index in [4.69, 9.17) is 4.84 Å². The summed E-state index contributed by atoms with van der Waals surface area (Å²) in [7, 11) is 1.74. The van der Waals surface area contributed by atoms with E-state index in [1.54, 1.807) is 7.11 Å². The molecule has 0 aromatic carbocycles. The molecule has 1 heterocycles. The Morgan fingerprint density at radius 3 is 1.83 bits per heavy atom. The van der Waals surface area contributed by atoms with Crippen LogP contribution >= 0.6 is 0 Å². The molecular weight excluding hydrogens is 288 g/mol. The third-order valence-electron chi connectivity index (χ3n) is 5.55. The maximum atomic E-state index is 13.6. The second kappa shape index (κ2) is 7.52. The Morgan fingerprint density at radius 1 is 1.04 bits per heavy atom. The summed E-state index contributed by atoms with van der Waals surface area (Å²) >= 11 is 0. The second-order valence-electron chi connectivity index (χ2n) is 8.00. The molecule has 0 saturated carbocycles. The minimum atomic E-state index is -0.532. The van der Waals surface area contributed by atoms with Gasteiger partial charge in [0.2, 0.25) is 5.91 Å². The summed E-state index contributed by atoms with van der Waals surface area (Å²) in [6.07, 6.45) is 5.61. The molecule has 136 valence electrons. The zero-order valence-corrected chi connectivity index (χ0v) is 16.7. The molecule has 0 aromatic rings. The van der Waals surface area contributed by atoms with Gasteiger partial charge in [-0.25, -0.2) is 0 Å². The van der Waals surface area contributed by atoms with E-state index in [0.717, 1.165) is 45.1 Å². The third-order valence-corrected chi connectivity index (χ3v) is 5.55. The Kier molecular flexibility index (Phi) is 6.68. The lowest BCUT2D eigenvalue weighted by atomic mass is 9.75. The Balaban J connectivity index is 3.54. The van der Waals surface area contributed by atoms with Crippen LogP contribution in [0.25, 0.3) is 0 Å². The maximum Gasteiger partial charge on any atom is 0.245 e. The maximum absolute atomic E-state index is 13.6. The zero-order valence-electron chi connectivity index (χ0n) is 16.7. The van der Waals surface area contributed by atoms with E-state index >= 15 is 0 Å². The first-order valence-corrected chi connectivity index (χ1v) is 9.35. The first-order chi connectivity index (χ1) is 10.7. The molecule has 1 saturated heterocycles. The van der Waals surface area contributed by atoms with Crippen molar-refractivity contribution in [2.45, 2.75) is 104 Å². The largest absolute Gasteiger partial charge is 0.334 e. The fourth-order valence-corrected chi connectivity index (χ4v) is 4.26. The van der Waals surface area contributed by atoms with E-state index in [0.29, 0.717) is 0 Å². The van der Waals surface area contributed by atoms with Gasteiger partial charge in [-0.3, -0.25) is 4.79 Å². The number of carbonyl (C=O) groups excluding carboxylic acids is 1. The molecule has 1 amide bonds. The lowest BCUT2D eigenvalue weighted by Gasteiger charge is -2.60. The summed E-state index contributed by atoms with van der Waals surface area (Å²) < 4.78 is 0. The molecular formula is C19H38N2O2. The van der Waals surface area contributed by atoms with E-state index in [1.165, 1.54) is 0 Å². The predicted octanol–water partition coefficient (Wildman–Crippen LogP) is 4.39. The number of carbonyl (C=O) groups is 1. The van der Waals surface area contributed by atoms with Crippen molar-refractivity contribution in [2.75, 3.05) is 13.7 Å². The van der Waals surface area contributed by atoms with E-state index in [-0.39, 0.29) is 17.0 Å². The van der Waals surface area contributed by atoms with Crippen molar-refractivity contribution in [1.82, 2.24) is 9.96 Å². The lowest BCUT2D eigenvalue weighted by molar-refractivity contribution is -0.289. The first kappa shape index (κ1) is 20.4. The molecule has 23 heavy (non-hydrogen) atoms. The average molecular weight is 327 g/mol. The van der Waals surface area contributed by atoms with Crippen LogP contribution in [0, 0.1) is 0 Å². The molecule has 0 radical (unpaired) electrons. The molecule has 1 aliphatic rings. The average Bonchev–Trinajstić information content (AvgIpc) is 2.49. The van der Waals surface area contributed by atoms with Crippen LogP contribution in [0.2, 0.25) is 0 Å². The van der Waals surface area contributed by atoms with Gasteiger partial charge in [0, 0.05) is 12.1 Å². The van der Waals surface area contributed by atoms with Crippen molar-refractivity contribution in [2.24, 2.45) is 0 Å². The van der Waals surface area contributed by atoms with Gasteiger partial charge < -0.3 is 9.74 Å². The van der Waals surface area contributed by atoms with Gasteiger partial charge in [0.25, 0.3) is 0 Å². The molecule has 4 heteroatoms. The Hall–Kier alpha value is -0.610. The molecule has 0 unspecified atom stereocenters. The minimum absolute atomic E-state index is 0.111. The van der Waals surface area contributed by atoms with Crippen molar-refractivity contribution in [3.8, 4) is 0 Å². The van der Waals surface area contributed by atoms with Gasteiger partial charge in [0.1, 0.15) is 5.54 Å². The van der Waals surface area contributed by atoms with E-state index < -0.39 is 5.54 Å². The van der Waals surface area contributed by atoms with Gasteiger partial charge in [-0.2, -0.15) is 5.06 Å². The fraction of sp³-hybridized carbons (Fsp3) is 0.947. The number of rotatable bonds is 7. The van der Waals surface area contributed by atoms with Crippen LogP contribution in [0.15, 0.2) is 0 Å². The highest BCUT2D eigenvalue weighted by Crippen LogP contribution is 2.44. The molecule has 0 aliphatic carbocycles. The molecule has 0 aromatic heterocycles. The molecule has 1 rings (SSSR count). The summed E-state index contributed by atoms with van der Waals surface area (Å²) in [6, 6.07) is 0. The van der Waals surface area contributed by atoms with Crippen LogP contribution in [0.1, 0.15) is 87.0 Å². The summed E-state index contributed by atoms with van der Waals surface area (Å²) in [5, 5.41) is 2.09. The lowest BCUT2D eigenvalue weighted by Crippen LogP contribution is -2.76. The van der Waals surface area contributed by atoms with Crippen LogP contribution in [0.5, 0.6) is 0 Å². The first-order valence-electron chi connectivity index (χ1n) is 9.35. The molecule has 1 fully saturated rings. The van der Waals surface area contributed by atoms with Crippen molar-refractivity contribution in [3.63, 3.8) is 0 Å². The summed E-state index contributed by atoms with van der Waals surface area (Å²) in [6.45, 7) is 15.9. The predicted molar refractivity (Wildman–Crippen MR) is 96.2 cm³/mol. The van der Waals surface area contributed by atoms with Crippen LogP contribution in [-0.4, -0.2) is 46.1 Å². The van der Waals surface area contributed by atoms with E-state index in [2.05, 4.69) is 58.4 Å². The fourth-order valence-electron chi connectivity index (χ4n) is 4.26. The molecule has 0 atom stereocenters. The van der Waals surface area contributed by atoms with Crippen molar-refractivity contribution >= 4 is 5.91 Å². The molecule has 0 bridgehead atoms. The van der Waals surface area contributed by atoms with Gasteiger partial charge in [-0.05, 0) is 46.5 Å². The number of hydrogen-bond acceptors (Lipinski definition) is 3. The Labute approximate surface area is 143 Å². The van der Waals surface area contributed by atoms with Crippen LogP contribution in [0.4, 0.5) is 0 Å². The number of amides is 1. The number of hydroxylamine groups is 2. The Bertz CT molecular complexity index is 391. The van der Waals surface area contributed by atoms with Crippen LogP contribution in [-0.2, 0) is 9.63 Å². The highest BCUT2D eigenvalue weighted by molar-refractivity contribution is 5.88. The highest BCUT2D eigenvalue weighted by Gasteiger charge is 2.59. The van der Waals surface area contributed by atoms with Crippen molar-refractivity contribution in [3.05, 3.63) is 0 Å². The highest BCUT2D eigenvalue weighted by atomic mass is 16.7. The molecule has 0 spiro atoms. The molecule has 0 N–H and O–H groups in total. The monoisotopic (exact) mass is 326 g/mol. The van der Waals surface area contributed by atoms with E-state index in [9.17, 15) is 4.79 Å². The topological polar surface area (TPSA) is 32.8 Å². The summed E-state index contributed by atoms with van der Waals surface area (Å²) in [5.74, 6) is 0.244. The molecule has 4 nitrogen and oxygen atoms in total. The smallest absolute Gasteiger partial charge is 0.245 e.